The van der Waals surface area contributed by atoms with Gasteiger partial charge in [0.1, 0.15) is 5.82 Å². The average molecular weight is 242 g/mol. The number of aryl methyl sites for hydroxylation is 1. The maximum atomic E-state index is 13.0. The molecule has 94 valence electrons. The van der Waals surface area contributed by atoms with Gasteiger partial charge in [-0.15, -0.1) is 0 Å². The van der Waals surface area contributed by atoms with Crippen LogP contribution in [-0.2, 0) is 6.42 Å². The van der Waals surface area contributed by atoms with Gasteiger partial charge in [0.15, 0.2) is 0 Å². The summed E-state index contributed by atoms with van der Waals surface area (Å²) in [6.45, 7) is 4.36. The van der Waals surface area contributed by atoms with Gasteiger partial charge >= 0.3 is 0 Å². The lowest BCUT2D eigenvalue weighted by atomic mass is 9.93. The van der Waals surface area contributed by atoms with Crippen LogP contribution in [-0.4, -0.2) is 0 Å². The summed E-state index contributed by atoms with van der Waals surface area (Å²) in [6, 6.07) is 13.1. The molecule has 0 aliphatic rings. The van der Waals surface area contributed by atoms with Gasteiger partial charge in [-0.3, -0.25) is 0 Å². The first-order chi connectivity index (χ1) is 8.72. The zero-order valence-corrected chi connectivity index (χ0v) is 11.0. The average Bonchev–Trinajstić information content (AvgIpc) is 2.38. The third-order valence-electron chi connectivity index (χ3n) is 3.35. The molecule has 0 aromatic heterocycles. The van der Waals surface area contributed by atoms with Gasteiger partial charge in [-0.1, -0.05) is 43.7 Å². The topological polar surface area (TPSA) is 0 Å². The number of hydrogen-bond acceptors (Lipinski definition) is 0. The molecule has 0 saturated heterocycles. The molecule has 0 N–H and O–H groups in total. The second-order valence-corrected chi connectivity index (χ2v) is 4.71. The van der Waals surface area contributed by atoms with E-state index < -0.39 is 0 Å². The molecule has 0 aliphatic carbocycles. The van der Waals surface area contributed by atoms with Crippen molar-refractivity contribution in [2.45, 2.75) is 33.1 Å². The summed E-state index contributed by atoms with van der Waals surface area (Å²) in [7, 11) is 0. The van der Waals surface area contributed by atoms with Crippen molar-refractivity contribution >= 4 is 0 Å². The molecule has 2 rings (SSSR count). The van der Waals surface area contributed by atoms with Crippen molar-refractivity contribution in [3.8, 4) is 11.1 Å². The first kappa shape index (κ1) is 12.8. The molecule has 0 aliphatic heterocycles. The lowest BCUT2D eigenvalue weighted by Crippen LogP contribution is -1.94. The number of halogens is 1. The van der Waals surface area contributed by atoms with Gasteiger partial charge in [0.2, 0.25) is 0 Å². The molecule has 0 atom stereocenters. The molecule has 0 nitrogen and oxygen atoms in total. The van der Waals surface area contributed by atoms with Crippen molar-refractivity contribution in [2.24, 2.45) is 0 Å². The number of hydrogen-bond donors (Lipinski definition) is 0. The van der Waals surface area contributed by atoms with E-state index in [2.05, 4.69) is 32.0 Å². The van der Waals surface area contributed by atoms with Crippen LogP contribution in [0, 0.1) is 12.7 Å². The molecule has 0 amide bonds. The van der Waals surface area contributed by atoms with E-state index in [1.54, 1.807) is 0 Å². The quantitative estimate of drug-likeness (QED) is 0.696. The fraction of sp³-hybridized carbons (Fsp3) is 0.294. The Balaban J connectivity index is 2.43. The van der Waals surface area contributed by atoms with E-state index >= 15 is 0 Å². The summed E-state index contributed by atoms with van der Waals surface area (Å²) in [4.78, 5) is 0. The molecule has 0 spiro atoms. The lowest BCUT2D eigenvalue weighted by molar-refractivity contribution is 0.628. The van der Waals surface area contributed by atoms with Crippen LogP contribution in [0.5, 0.6) is 0 Å². The Morgan fingerprint density at radius 2 is 1.72 bits per heavy atom. The van der Waals surface area contributed by atoms with Crippen LogP contribution >= 0.6 is 0 Å². The molecule has 2 aromatic carbocycles. The monoisotopic (exact) mass is 242 g/mol. The predicted molar refractivity (Wildman–Crippen MR) is 75.2 cm³/mol. The van der Waals surface area contributed by atoms with Gasteiger partial charge in [-0.2, -0.15) is 0 Å². The third kappa shape index (κ3) is 2.79. The highest BCUT2D eigenvalue weighted by Gasteiger charge is 2.07. The van der Waals surface area contributed by atoms with Crippen molar-refractivity contribution in [3.05, 3.63) is 59.4 Å². The molecular weight excluding hydrogens is 223 g/mol. The molecule has 0 unspecified atom stereocenters. The summed E-state index contributed by atoms with van der Waals surface area (Å²) < 4.78 is 13.0. The first-order valence-corrected chi connectivity index (χ1v) is 6.57. The highest BCUT2D eigenvalue weighted by molar-refractivity contribution is 5.68. The van der Waals surface area contributed by atoms with Crippen LogP contribution in [0.25, 0.3) is 11.1 Å². The Labute approximate surface area is 108 Å². The van der Waals surface area contributed by atoms with E-state index in [9.17, 15) is 4.39 Å². The maximum absolute atomic E-state index is 13.0. The van der Waals surface area contributed by atoms with Gasteiger partial charge in [0, 0.05) is 0 Å². The molecule has 0 saturated carbocycles. The standard InChI is InChI=1S/C17H19F/c1-3-4-7-16-13(2)6-5-8-17(16)14-9-11-15(18)12-10-14/h5-6,8-12H,3-4,7H2,1-2H3. The van der Waals surface area contributed by atoms with Crippen molar-refractivity contribution in [1.82, 2.24) is 0 Å². The maximum Gasteiger partial charge on any atom is 0.123 e. The van der Waals surface area contributed by atoms with Crippen molar-refractivity contribution in [2.75, 3.05) is 0 Å². The summed E-state index contributed by atoms with van der Waals surface area (Å²) in [5.41, 5.74) is 5.06. The summed E-state index contributed by atoms with van der Waals surface area (Å²) in [6.07, 6.45) is 3.48. The summed E-state index contributed by atoms with van der Waals surface area (Å²) >= 11 is 0. The second-order valence-electron chi connectivity index (χ2n) is 4.71. The molecule has 0 heterocycles. The van der Waals surface area contributed by atoms with Crippen molar-refractivity contribution in [1.29, 1.82) is 0 Å². The summed E-state index contributed by atoms with van der Waals surface area (Å²) in [5, 5.41) is 0. The van der Waals surface area contributed by atoms with Gasteiger partial charge in [-0.25, -0.2) is 4.39 Å². The summed E-state index contributed by atoms with van der Waals surface area (Å²) in [5.74, 6) is -0.179. The van der Waals surface area contributed by atoms with E-state index in [1.807, 2.05) is 12.1 Å². The van der Waals surface area contributed by atoms with Crippen LogP contribution in [0.4, 0.5) is 4.39 Å². The molecule has 0 radical (unpaired) electrons. The van der Waals surface area contributed by atoms with E-state index in [4.69, 9.17) is 0 Å². The van der Waals surface area contributed by atoms with Crippen molar-refractivity contribution < 1.29 is 4.39 Å². The molecule has 0 bridgehead atoms. The largest absolute Gasteiger partial charge is 0.207 e. The van der Waals surface area contributed by atoms with Gasteiger partial charge in [0.25, 0.3) is 0 Å². The van der Waals surface area contributed by atoms with Crippen LogP contribution < -0.4 is 0 Å². The van der Waals surface area contributed by atoms with Crippen LogP contribution in [0.1, 0.15) is 30.9 Å². The highest BCUT2D eigenvalue weighted by atomic mass is 19.1. The Hall–Kier alpha value is -1.63. The predicted octanol–water partition coefficient (Wildman–Crippen LogP) is 5.14. The minimum atomic E-state index is -0.179. The fourth-order valence-corrected chi connectivity index (χ4v) is 2.29. The highest BCUT2D eigenvalue weighted by Crippen LogP contribution is 2.27. The third-order valence-corrected chi connectivity index (χ3v) is 3.35. The molecule has 2 aromatic rings. The Morgan fingerprint density at radius 1 is 1.00 bits per heavy atom. The minimum Gasteiger partial charge on any atom is -0.207 e. The molecule has 18 heavy (non-hydrogen) atoms. The van der Waals surface area contributed by atoms with Gasteiger partial charge in [0.05, 0.1) is 0 Å². The second kappa shape index (κ2) is 5.81. The number of unbranched alkanes of at least 4 members (excludes halogenated alkanes) is 1. The van der Waals surface area contributed by atoms with E-state index in [-0.39, 0.29) is 5.82 Å². The molecule has 0 fully saturated rings. The van der Waals surface area contributed by atoms with Gasteiger partial charge in [-0.05, 0) is 54.2 Å². The SMILES string of the molecule is CCCCc1c(C)cccc1-c1ccc(F)cc1. The van der Waals surface area contributed by atoms with Crippen LogP contribution in [0.15, 0.2) is 42.5 Å². The Kier molecular flexibility index (Phi) is 4.14. The van der Waals surface area contributed by atoms with Crippen LogP contribution in [0.2, 0.25) is 0 Å². The smallest absolute Gasteiger partial charge is 0.123 e. The first-order valence-electron chi connectivity index (χ1n) is 6.57. The molecular formula is C17H19F. The minimum absolute atomic E-state index is 0.179. The normalized spacial score (nSPS) is 10.6. The van der Waals surface area contributed by atoms with E-state index in [0.717, 1.165) is 12.0 Å². The molecule has 1 heteroatoms. The fourth-order valence-electron chi connectivity index (χ4n) is 2.29. The number of benzene rings is 2. The van der Waals surface area contributed by atoms with Gasteiger partial charge < -0.3 is 0 Å². The zero-order valence-electron chi connectivity index (χ0n) is 11.0. The Morgan fingerprint density at radius 3 is 2.39 bits per heavy atom. The Bertz CT molecular complexity index is 512. The van der Waals surface area contributed by atoms with E-state index in [0.29, 0.717) is 0 Å². The van der Waals surface area contributed by atoms with Crippen molar-refractivity contribution in [3.63, 3.8) is 0 Å². The number of rotatable bonds is 4. The van der Waals surface area contributed by atoms with Crippen LogP contribution in [0.3, 0.4) is 0 Å². The van der Waals surface area contributed by atoms with E-state index in [1.165, 1.54) is 41.7 Å². The zero-order chi connectivity index (χ0) is 13.0. The lowest BCUT2D eigenvalue weighted by Gasteiger charge is -2.12.